The minimum Gasteiger partial charge on any atom is -0.306 e. The van der Waals surface area contributed by atoms with E-state index >= 15 is 0 Å². The smallest absolute Gasteiger partial charge is 0.255 e. The maximum Gasteiger partial charge on any atom is 0.255 e. The van der Waals surface area contributed by atoms with Gasteiger partial charge in [-0.15, -0.1) is 0 Å². The summed E-state index contributed by atoms with van der Waals surface area (Å²) in [5.74, 6) is 0.507. The maximum atomic E-state index is 13.4. The molecule has 1 aromatic heterocycles. The number of rotatable bonds is 2. The number of benzene rings is 1. The summed E-state index contributed by atoms with van der Waals surface area (Å²) in [6.45, 7) is 4.31. The van der Waals surface area contributed by atoms with Crippen molar-refractivity contribution in [3.05, 3.63) is 83.4 Å². The number of carbonyl (C=O) groups excluding carboxylic acids is 1. The molecule has 0 unspecified atom stereocenters. The van der Waals surface area contributed by atoms with Gasteiger partial charge in [0.05, 0.1) is 17.4 Å². The molecule has 158 valence electrons. The number of aryl methyl sites for hydroxylation is 1. The highest BCUT2D eigenvalue weighted by molar-refractivity contribution is 6.01. The molecule has 1 amide bonds. The molecule has 5 heteroatoms. The lowest BCUT2D eigenvalue weighted by molar-refractivity contribution is -0.122. The van der Waals surface area contributed by atoms with Crippen LogP contribution in [0.15, 0.2) is 77.8 Å². The van der Waals surface area contributed by atoms with Gasteiger partial charge in [0.1, 0.15) is 0 Å². The van der Waals surface area contributed by atoms with Gasteiger partial charge in [-0.25, -0.2) is 0 Å². The highest BCUT2D eigenvalue weighted by atomic mass is 16.2. The van der Waals surface area contributed by atoms with E-state index < -0.39 is 0 Å². The molecule has 3 aliphatic heterocycles. The van der Waals surface area contributed by atoms with Crippen molar-refractivity contribution in [3.63, 3.8) is 0 Å². The Bertz CT molecular complexity index is 1200. The second-order valence-corrected chi connectivity index (χ2v) is 8.79. The van der Waals surface area contributed by atoms with Crippen LogP contribution in [0.4, 0.5) is 0 Å². The highest BCUT2D eigenvalue weighted by Crippen LogP contribution is 2.34. The number of hydrogen-bond acceptors (Lipinski definition) is 3. The fourth-order valence-corrected chi connectivity index (χ4v) is 4.75. The molecule has 5 rings (SSSR count). The molecule has 5 nitrogen and oxygen atoms in total. The molecule has 0 atom stereocenters. The second kappa shape index (κ2) is 7.82. The Balaban J connectivity index is 1.49. The second-order valence-electron chi connectivity index (χ2n) is 8.79. The lowest BCUT2D eigenvalue weighted by Gasteiger charge is -2.34. The van der Waals surface area contributed by atoms with E-state index in [0.717, 1.165) is 59.2 Å². The minimum absolute atomic E-state index is 0.00485. The van der Waals surface area contributed by atoms with Crippen molar-refractivity contribution >= 4 is 22.4 Å². The Morgan fingerprint density at radius 3 is 2.71 bits per heavy atom. The molecule has 0 radical (unpaired) electrons. The van der Waals surface area contributed by atoms with Gasteiger partial charge in [0.25, 0.3) is 5.91 Å². The Labute approximate surface area is 183 Å². The van der Waals surface area contributed by atoms with E-state index in [2.05, 4.69) is 54.4 Å². The third-order valence-electron chi connectivity index (χ3n) is 6.64. The lowest BCUT2D eigenvalue weighted by Crippen LogP contribution is -2.33. The quantitative estimate of drug-likeness (QED) is 0.733. The van der Waals surface area contributed by atoms with Gasteiger partial charge in [-0.1, -0.05) is 24.3 Å². The van der Waals surface area contributed by atoms with Gasteiger partial charge in [0.2, 0.25) is 0 Å². The first-order valence-corrected chi connectivity index (χ1v) is 10.9. The van der Waals surface area contributed by atoms with Crippen LogP contribution in [0.5, 0.6) is 0 Å². The van der Waals surface area contributed by atoms with E-state index in [1.165, 1.54) is 5.57 Å². The number of hydrogen-bond donors (Lipinski definition) is 0. The van der Waals surface area contributed by atoms with Crippen molar-refractivity contribution in [1.29, 1.82) is 0 Å². The molecule has 0 spiro atoms. The van der Waals surface area contributed by atoms with Crippen LogP contribution in [0.2, 0.25) is 0 Å². The molecular weight excluding hydrogens is 384 g/mol. The van der Waals surface area contributed by atoms with Crippen LogP contribution in [-0.2, 0) is 11.8 Å². The summed E-state index contributed by atoms with van der Waals surface area (Å²) in [7, 11) is 4.12. The number of allylic oxidation sites excluding steroid dienone is 7. The lowest BCUT2D eigenvalue weighted by atomic mass is 9.86. The number of aromatic nitrogens is 2. The predicted octanol–water partition coefficient (Wildman–Crippen LogP) is 4.42. The van der Waals surface area contributed by atoms with Gasteiger partial charge in [-0.05, 0) is 86.3 Å². The average molecular weight is 413 g/mol. The third-order valence-corrected chi connectivity index (χ3v) is 6.64. The first kappa shape index (κ1) is 19.8. The summed E-state index contributed by atoms with van der Waals surface area (Å²) in [5, 5.41) is 5.40. The number of amides is 1. The van der Waals surface area contributed by atoms with Crippen molar-refractivity contribution in [2.45, 2.75) is 19.8 Å². The van der Waals surface area contributed by atoms with Crippen LogP contribution in [0, 0.1) is 5.92 Å². The molecule has 2 aromatic rings. The molecule has 0 N–H and O–H groups in total. The fourth-order valence-electron chi connectivity index (χ4n) is 4.75. The Kier molecular flexibility index (Phi) is 4.98. The van der Waals surface area contributed by atoms with Crippen LogP contribution in [0.3, 0.4) is 0 Å². The van der Waals surface area contributed by atoms with E-state index in [-0.39, 0.29) is 5.91 Å². The highest BCUT2D eigenvalue weighted by Gasteiger charge is 2.26. The summed E-state index contributed by atoms with van der Waals surface area (Å²) in [5.41, 5.74) is 6.37. The van der Waals surface area contributed by atoms with E-state index in [1.54, 1.807) is 6.08 Å². The molecule has 3 aliphatic rings. The molecule has 0 saturated carbocycles. The van der Waals surface area contributed by atoms with Crippen molar-refractivity contribution < 1.29 is 4.79 Å². The fraction of sp³-hybridized carbons (Fsp3) is 0.308. The number of piperidine rings is 1. The summed E-state index contributed by atoms with van der Waals surface area (Å²) < 4.78 is 1.86. The van der Waals surface area contributed by atoms with Gasteiger partial charge in [-0.3, -0.25) is 14.4 Å². The molecular formula is C26H28N4O. The van der Waals surface area contributed by atoms with E-state index in [0.29, 0.717) is 5.92 Å². The molecule has 1 aromatic carbocycles. The molecule has 31 heavy (non-hydrogen) atoms. The van der Waals surface area contributed by atoms with Crippen LogP contribution < -0.4 is 0 Å². The molecule has 0 bridgehead atoms. The standard InChI is InChI=1S/C26H28N4O/c1-18-13-23(19-9-11-28(2)12-10-19)17-30-24(18)6-4-5-20(15-26(30)31)21-7-8-25-22(14-21)16-27-29(25)3/h4-8,13-17,19H,9-12H2,1-3H3/b5-4+,20-15+,24-6+. The molecule has 1 saturated heterocycles. The van der Waals surface area contributed by atoms with Crippen molar-refractivity contribution in [2.24, 2.45) is 13.0 Å². The van der Waals surface area contributed by atoms with Gasteiger partial charge in [0.15, 0.2) is 0 Å². The zero-order chi connectivity index (χ0) is 21.5. The molecule has 4 heterocycles. The van der Waals surface area contributed by atoms with Gasteiger partial charge >= 0.3 is 0 Å². The maximum absolute atomic E-state index is 13.4. The first-order chi connectivity index (χ1) is 15.0. The monoisotopic (exact) mass is 412 g/mol. The van der Waals surface area contributed by atoms with E-state index in [4.69, 9.17) is 0 Å². The van der Waals surface area contributed by atoms with E-state index in [9.17, 15) is 4.79 Å². The number of likely N-dealkylation sites (tertiary alicyclic amines) is 1. The number of fused-ring (bicyclic) bond motifs is 2. The van der Waals surface area contributed by atoms with Crippen molar-refractivity contribution in [2.75, 3.05) is 20.1 Å². The normalized spacial score (nSPS) is 25.0. The van der Waals surface area contributed by atoms with Crippen LogP contribution >= 0.6 is 0 Å². The zero-order valence-corrected chi connectivity index (χ0v) is 18.4. The Morgan fingerprint density at radius 1 is 1.10 bits per heavy atom. The average Bonchev–Trinajstić information content (AvgIpc) is 3.13. The minimum atomic E-state index is -0.00485. The number of carbonyl (C=O) groups is 1. The van der Waals surface area contributed by atoms with E-state index in [1.807, 2.05) is 41.1 Å². The Morgan fingerprint density at radius 2 is 1.90 bits per heavy atom. The first-order valence-electron chi connectivity index (χ1n) is 10.9. The van der Waals surface area contributed by atoms with Crippen molar-refractivity contribution in [3.8, 4) is 0 Å². The van der Waals surface area contributed by atoms with Crippen LogP contribution in [0.1, 0.15) is 25.3 Å². The Hall–Kier alpha value is -3.18. The summed E-state index contributed by atoms with van der Waals surface area (Å²) >= 11 is 0. The predicted molar refractivity (Wildman–Crippen MR) is 125 cm³/mol. The zero-order valence-electron chi connectivity index (χ0n) is 18.4. The summed E-state index contributed by atoms with van der Waals surface area (Å²) in [6, 6.07) is 6.21. The SMILES string of the molecule is CC1=CC(C2CCN(C)CC2)=CN2C(=O)\C=C(c3ccc4c(cnn4C)c3)/C=C/C=C\12. The topological polar surface area (TPSA) is 41.4 Å². The molecule has 1 fully saturated rings. The van der Waals surface area contributed by atoms with Crippen LogP contribution in [0.25, 0.3) is 16.5 Å². The van der Waals surface area contributed by atoms with Gasteiger partial charge < -0.3 is 4.90 Å². The summed E-state index contributed by atoms with van der Waals surface area (Å²) in [6.07, 6.45) is 16.3. The van der Waals surface area contributed by atoms with Crippen molar-refractivity contribution in [1.82, 2.24) is 19.6 Å². The van der Waals surface area contributed by atoms with Gasteiger partial charge in [0, 0.05) is 24.7 Å². The molecule has 0 aliphatic carbocycles. The summed E-state index contributed by atoms with van der Waals surface area (Å²) in [4.78, 5) is 17.6. The van der Waals surface area contributed by atoms with Crippen LogP contribution in [-0.4, -0.2) is 45.6 Å². The third kappa shape index (κ3) is 3.70. The number of nitrogens with zero attached hydrogens (tertiary/aromatic N) is 4. The largest absolute Gasteiger partial charge is 0.306 e. The van der Waals surface area contributed by atoms with Gasteiger partial charge in [-0.2, -0.15) is 5.10 Å².